The van der Waals surface area contributed by atoms with Gasteiger partial charge in [-0.25, -0.2) is 4.39 Å². The van der Waals surface area contributed by atoms with Gasteiger partial charge in [-0.15, -0.1) is 0 Å². The molecule has 0 aromatic heterocycles. The van der Waals surface area contributed by atoms with Gasteiger partial charge in [-0.1, -0.05) is 6.07 Å². The molecule has 104 valence electrons. The van der Waals surface area contributed by atoms with Crippen molar-refractivity contribution in [1.82, 2.24) is 4.90 Å². The Kier molecular flexibility index (Phi) is 4.37. The number of anilines is 1. The number of benzene rings is 1. The van der Waals surface area contributed by atoms with Gasteiger partial charge < -0.3 is 15.3 Å². The topological polar surface area (TPSA) is 52.6 Å². The van der Waals surface area contributed by atoms with Gasteiger partial charge >= 0.3 is 0 Å². The number of hydrogen-bond donors (Lipinski definition) is 2. The minimum atomic E-state index is -0.417. The molecule has 2 N–H and O–H groups in total. The van der Waals surface area contributed by atoms with Crippen molar-refractivity contribution in [2.45, 2.75) is 12.8 Å². The Morgan fingerprint density at radius 2 is 2.37 bits per heavy atom. The summed E-state index contributed by atoms with van der Waals surface area (Å²) < 4.78 is 13.6. The molecular formula is C14H19FN2O2. The molecule has 19 heavy (non-hydrogen) atoms. The minimum absolute atomic E-state index is 0.147. The second-order valence-electron chi connectivity index (χ2n) is 4.83. The molecule has 0 radical (unpaired) electrons. The third kappa shape index (κ3) is 2.87. The summed E-state index contributed by atoms with van der Waals surface area (Å²) in [5.41, 5.74) is 0.616. The van der Waals surface area contributed by atoms with Gasteiger partial charge in [0.25, 0.3) is 5.91 Å². The number of carbonyl (C=O) groups is 1. The van der Waals surface area contributed by atoms with Crippen LogP contribution < -0.4 is 5.32 Å². The zero-order chi connectivity index (χ0) is 13.8. The van der Waals surface area contributed by atoms with Crippen molar-refractivity contribution in [2.24, 2.45) is 5.92 Å². The van der Waals surface area contributed by atoms with Gasteiger partial charge in [0.1, 0.15) is 5.82 Å². The van der Waals surface area contributed by atoms with Crippen molar-refractivity contribution < 1.29 is 14.3 Å². The monoisotopic (exact) mass is 266 g/mol. The SMILES string of the molecule is CNc1c(F)cccc1C(=O)N1CCC(CCO)C1. The average molecular weight is 266 g/mol. The Morgan fingerprint density at radius 1 is 1.58 bits per heavy atom. The first-order valence-electron chi connectivity index (χ1n) is 6.53. The van der Waals surface area contributed by atoms with Crippen LogP contribution in [0.4, 0.5) is 10.1 Å². The number of rotatable bonds is 4. The van der Waals surface area contributed by atoms with Gasteiger partial charge in [0.2, 0.25) is 0 Å². The maximum absolute atomic E-state index is 13.6. The summed E-state index contributed by atoms with van der Waals surface area (Å²) in [6, 6.07) is 4.52. The lowest BCUT2D eigenvalue weighted by molar-refractivity contribution is 0.0785. The Hall–Kier alpha value is -1.62. The number of nitrogens with one attached hydrogen (secondary N) is 1. The number of hydrogen-bond acceptors (Lipinski definition) is 3. The van der Waals surface area contributed by atoms with Crippen LogP contribution in [0.5, 0.6) is 0 Å². The van der Waals surface area contributed by atoms with Crippen LogP contribution in [0, 0.1) is 11.7 Å². The van der Waals surface area contributed by atoms with Crippen molar-refractivity contribution in [2.75, 3.05) is 32.1 Å². The minimum Gasteiger partial charge on any atom is -0.396 e. The van der Waals surface area contributed by atoms with Crippen LogP contribution >= 0.6 is 0 Å². The third-order valence-electron chi connectivity index (χ3n) is 3.60. The molecule has 1 saturated heterocycles. The summed E-state index contributed by atoms with van der Waals surface area (Å²) >= 11 is 0. The van der Waals surface area contributed by atoms with E-state index in [0.29, 0.717) is 31.0 Å². The van der Waals surface area contributed by atoms with E-state index in [9.17, 15) is 9.18 Å². The van der Waals surface area contributed by atoms with Gasteiger partial charge in [-0.05, 0) is 30.9 Å². The molecule has 1 aromatic rings. The Balaban J connectivity index is 2.15. The molecule has 1 aliphatic heterocycles. The molecule has 1 aliphatic rings. The van der Waals surface area contributed by atoms with Crippen LogP contribution in [0.15, 0.2) is 18.2 Å². The Bertz CT molecular complexity index is 465. The molecule has 1 atom stereocenters. The smallest absolute Gasteiger partial charge is 0.256 e. The van der Waals surface area contributed by atoms with Crippen LogP contribution in [-0.2, 0) is 0 Å². The van der Waals surface area contributed by atoms with Gasteiger partial charge in [-0.2, -0.15) is 0 Å². The Labute approximate surface area is 112 Å². The Morgan fingerprint density at radius 3 is 3.05 bits per heavy atom. The van der Waals surface area contributed by atoms with Crippen molar-refractivity contribution in [3.05, 3.63) is 29.6 Å². The standard InChI is InChI=1S/C14H19FN2O2/c1-16-13-11(3-2-4-12(13)15)14(19)17-7-5-10(9-17)6-8-18/h2-4,10,16,18H,5-9H2,1H3. The molecule has 0 bridgehead atoms. The molecule has 1 unspecified atom stereocenters. The molecule has 2 rings (SSSR count). The van der Waals surface area contributed by atoms with E-state index in [1.807, 2.05) is 0 Å². The van der Waals surface area contributed by atoms with Gasteiger partial charge in [0.05, 0.1) is 11.3 Å². The molecule has 0 aliphatic carbocycles. The summed E-state index contributed by atoms with van der Waals surface area (Å²) in [5.74, 6) is -0.218. The normalized spacial score (nSPS) is 18.7. The van der Waals surface area contributed by atoms with Crippen molar-refractivity contribution in [3.8, 4) is 0 Å². The number of nitrogens with zero attached hydrogens (tertiary/aromatic N) is 1. The molecule has 5 heteroatoms. The highest BCUT2D eigenvalue weighted by atomic mass is 19.1. The van der Waals surface area contributed by atoms with Crippen LogP contribution in [0.1, 0.15) is 23.2 Å². The maximum Gasteiger partial charge on any atom is 0.256 e. The lowest BCUT2D eigenvalue weighted by Crippen LogP contribution is -2.29. The van der Waals surface area contributed by atoms with Crippen LogP contribution in [-0.4, -0.2) is 42.7 Å². The molecular weight excluding hydrogens is 247 g/mol. The number of amides is 1. The highest BCUT2D eigenvalue weighted by Gasteiger charge is 2.28. The van der Waals surface area contributed by atoms with Crippen molar-refractivity contribution in [3.63, 3.8) is 0 Å². The first kappa shape index (κ1) is 13.8. The molecule has 4 nitrogen and oxygen atoms in total. The number of aliphatic hydroxyl groups excluding tert-OH is 1. The molecule has 1 heterocycles. The van der Waals surface area contributed by atoms with Crippen molar-refractivity contribution in [1.29, 1.82) is 0 Å². The summed E-state index contributed by atoms with van der Waals surface area (Å²) in [5, 5.41) is 11.7. The second-order valence-corrected chi connectivity index (χ2v) is 4.83. The summed E-state index contributed by atoms with van der Waals surface area (Å²) in [6.07, 6.45) is 1.61. The van der Waals surface area contributed by atoms with Crippen LogP contribution in [0.3, 0.4) is 0 Å². The molecule has 0 spiro atoms. The molecule has 1 aromatic carbocycles. The third-order valence-corrected chi connectivity index (χ3v) is 3.60. The fraction of sp³-hybridized carbons (Fsp3) is 0.500. The molecule has 1 amide bonds. The number of para-hydroxylation sites is 1. The van der Waals surface area contributed by atoms with E-state index in [2.05, 4.69) is 5.32 Å². The number of halogens is 1. The fourth-order valence-electron chi connectivity index (χ4n) is 2.56. The number of aliphatic hydroxyl groups is 1. The van der Waals surface area contributed by atoms with Gasteiger partial charge in [0, 0.05) is 26.7 Å². The van der Waals surface area contributed by atoms with E-state index < -0.39 is 5.82 Å². The lowest BCUT2D eigenvalue weighted by Gasteiger charge is -2.18. The highest BCUT2D eigenvalue weighted by Crippen LogP contribution is 2.25. The van der Waals surface area contributed by atoms with Gasteiger partial charge in [0.15, 0.2) is 0 Å². The maximum atomic E-state index is 13.6. The molecule has 1 fully saturated rings. The quantitative estimate of drug-likeness (QED) is 0.872. The fourth-order valence-corrected chi connectivity index (χ4v) is 2.56. The number of carbonyl (C=O) groups excluding carboxylic acids is 1. The van der Waals surface area contributed by atoms with Crippen LogP contribution in [0.2, 0.25) is 0 Å². The summed E-state index contributed by atoms with van der Waals surface area (Å²) in [7, 11) is 1.60. The predicted octanol–water partition coefficient (Wildman–Crippen LogP) is 1.71. The average Bonchev–Trinajstić information content (AvgIpc) is 2.86. The van der Waals surface area contributed by atoms with E-state index in [4.69, 9.17) is 5.11 Å². The number of likely N-dealkylation sites (tertiary alicyclic amines) is 1. The van der Waals surface area contributed by atoms with E-state index >= 15 is 0 Å². The first-order chi connectivity index (χ1) is 9.17. The zero-order valence-electron chi connectivity index (χ0n) is 11.0. The van der Waals surface area contributed by atoms with Crippen LogP contribution in [0.25, 0.3) is 0 Å². The van der Waals surface area contributed by atoms with E-state index in [-0.39, 0.29) is 18.2 Å². The predicted molar refractivity (Wildman–Crippen MR) is 71.7 cm³/mol. The van der Waals surface area contributed by atoms with Gasteiger partial charge in [-0.3, -0.25) is 4.79 Å². The van der Waals surface area contributed by atoms with E-state index in [0.717, 1.165) is 6.42 Å². The summed E-state index contributed by atoms with van der Waals surface area (Å²) in [4.78, 5) is 14.1. The highest BCUT2D eigenvalue weighted by molar-refractivity contribution is 5.99. The zero-order valence-corrected chi connectivity index (χ0v) is 11.0. The van der Waals surface area contributed by atoms with Crippen molar-refractivity contribution >= 4 is 11.6 Å². The lowest BCUT2D eigenvalue weighted by atomic mass is 10.1. The largest absolute Gasteiger partial charge is 0.396 e. The molecule has 0 saturated carbocycles. The summed E-state index contributed by atoms with van der Waals surface area (Å²) in [6.45, 7) is 1.46. The first-order valence-corrected chi connectivity index (χ1v) is 6.53. The second kappa shape index (κ2) is 6.02. The van der Waals surface area contributed by atoms with E-state index in [1.165, 1.54) is 6.07 Å². The van der Waals surface area contributed by atoms with E-state index in [1.54, 1.807) is 24.1 Å².